The van der Waals surface area contributed by atoms with Crippen molar-refractivity contribution >= 4 is 17.8 Å². The zero-order chi connectivity index (χ0) is 23.3. The lowest BCUT2D eigenvalue weighted by atomic mass is 9.77. The zero-order valence-corrected chi connectivity index (χ0v) is 19.6. The molecule has 0 saturated carbocycles. The highest BCUT2D eigenvalue weighted by Gasteiger charge is 2.50. The van der Waals surface area contributed by atoms with Gasteiger partial charge in [0.25, 0.3) is 0 Å². The van der Waals surface area contributed by atoms with Gasteiger partial charge in [0.1, 0.15) is 5.60 Å². The molecule has 2 atom stereocenters. The molecular formula is C30H31NO2. The van der Waals surface area contributed by atoms with Gasteiger partial charge in [0.2, 0.25) is 0 Å². The summed E-state index contributed by atoms with van der Waals surface area (Å²) in [4.78, 5) is 19.0. The molecule has 0 bridgehead atoms. The van der Waals surface area contributed by atoms with Gasteiger partial charge >= 0.3 is 5.97 Å². The smallest absolute Gasteiger partial charge is 0.335 e. The van der Waals surface area contributed by atoms with Crippen LogP contribution in [-0.2, 0) is 9.53 Å². The van der Waals surface area contributed by atoms with Gasteiger partial charge in [-0.25, -0.2) is 4.79 Å². The summed E-state index contributed by atoms with van der Waals surface area (Å²) in [6.45, 7) is 5.73. The van der Waals surface area contributed by atoms with Crippen LogP contribution < -0.4 is 0 Å². The van der Waals surface area contributed by atoms with Crippen molar-refractivity contribution in [3.05, 3.63) is 114 Å². The van der Waals surface area contributed by atoms with E-state index in [0.29, 0.717) is 6.42 Å². The first kappa shape index (κ1) is 22.7. The summed E-state index contributed by atoms with van der Waals surface area (Å²) < 4.78 is 5.98. The van der Waals surface area contributed by atoms with Gasteiger partial charge in [-0.05, 0) is 50.3 Å². The lowest BCUT2D eigenvalue weighted by Crippen LogP contribution is -2.45. The van der Waals surface area contributed by atoms with Crippen LogP contribution in [-0.4, -0.2) is 22.8 Å². The largest absolute Gasteiger partial charge is 0.458 e. The van der Waals surface area contributed by atoms with E-state index in [1.165, 1.54) is 0 Å². The monoisotopic (exact) mass is 437 g/mol. The molecule has 3 nitrogen and oxygen atoms in total. The fraction of sp³-hybridized carbons (Fsp3) is 0.267. The predicted octanol–water partition coefficient (Wildman–Crippen LogP) is 6.85. The van der Waals surface area contributed by atoms with E-state index in [-0.39, 0.29) is 11.9 Å². The van der Waals surface area contributed by atoms with E-state index < -0.39 is 11.1 Å². The number of esters is 1. The molecule has 0 radical (unpaired) electrons. The molecule has 1 aliphatic heterocycles. The maximum absolute atomic E-state index is 13.8. The SMILES string of the molecule is CC(C)(C)OC(=O)[C@@]1([C@H](/C=C/c2ccccc2)c2ccccc2)CCC(c2ccccc2)=N1. The van der Waals surface area contributed by atoms with E-state index in [2.05, 4.69) is 48.6 Å². The number of ether oxygens (including phenoxy) is 1. The number of aliphatic imine (C=N–C) groups is 1. The van der Waals surface area contributed by atoms with Gasteiger partial charge in [-0.3, -0.25) is 4.99 Å². The molecule has 4 rings (SSSR count). The minimum Gasteiger partial charge on any atom is -0.458 e. The molecule has 3 heteroatoms. The molecule has 0 aromatic heterocycles. The van der Waals surface area contributed by atoms with E-state index in [0.717, 1.165) is 28.8 Å². The number of hydrogen-bond acceptors (Lipinski definition) is 3. The molecule has 0 spiro atoms. The standard InChI is InChI=1S/C30H31NO2/c1-29(2,3)33-28(32)30(22-21-27(31-30)25-17-11-6-12-18-25)26(24-15-9-5-10-16-24)20-19-23-13-7-4-8-14-23/h4-20,26H,21-22H2,1-3H3/b20-19+/t26-,30+/m1/s1. The Hall–Kier alpha value is -3.46. The summed E-state index contributed by atoms with van der Waals surface area (Å²) in [5, 5.41) is 0. The van der Waals surface area contributed by atoms with Crippen LogP contribution in [0.25, 0.3) is 6.08 Å². The topological polar surface area (TPSA) is 38.7 Å². The number of benzene rings is 3. The van der Waals surface area contributed by atoms with Crippen molar-refractivity contribution in [1.29, 1.82) is 0 Å². The minimum atomic E-state index is -1.02. The Bertz CT molecular complexity index is 1130. The Kier molecular flexibility index (Phi) is 6.60. The molecule has 168 valence electrons. The van der Waals surface area contributed by atoms with Gasteiger partial charge in [-0.2, -0.15) is 0 Å². The second-order valence-electron chi connectivity index (χ2n) is 9.51. The fourth-order valence-corrected chi connectivity index (χ4v) is 4.35. The van der Waals surface area contributed by atoms with Gasteiger partial charge in [0.05, 0.1) is 0 Å². The maximum Gasteiger partial charge on any atom is 0.335 e. The minimum absolute atomic E-state index is 0.255. The Morgan fingerprint density at radius 3 is 2.09 bits per heavy atom. The lowest BCUT2D eigenvalue weighted by molar-refractivity contribution is -0.162. The Morgan fingerprint density at radius 2 is 1.48 bits per heavy atom. The number of rotatable bonds is 6. The van der Waals surface area contributed by atoms with Crippen LogP contribution in [0.3, 0.4) is 0 Å². The molecule has 0 aliphatic carbocycles. The summed E-state index contributed by atoms with van der Waals surface area (Å²) >= 11 is 0. The second-order valence-corrected chi connectivity index (χ2v) is 9.51. The Morgan fingerprint density at radius 1 is 0.909 bits per heavy atom. The Labute approximate surface area is 196 Å². The molecule has 1 heterocycles. The van der Waals surface area contributed by atoms with E-state index in [1.807, 2.05) is 75.4 Å². The number of carbonyl (C=O) groups excluding carboxylic acids is 1. The van der Waals surface area contributed by atoms with Crippen molar-refractivity contribution in [3.8, 4) is 0 Å². The van der Waals surface area contributed by atoms with Crippen LogP contribution in [0.2, 0.25) is 0 Å². The first-order valence-electron chi connectivity index (χ1n) is 11.5. The number of nitrogens with zero attached hydrogens (tertiary/aromatic N) is 1. The van der Waals surface area contributed by atoms with Crippen molar-refractivity contribution in [3.63, 3.8) is 0 Å². The molecule has 0 saturated heterocycles. The van der Waals surface area contributed by atoms with E-state index >= 15 is 0 Å². The lowest BCUT2D eigenvalue weighted by Gasteiger charge is -2.34. The molecule has 3 aromatic rings. The average Bonchev–Trinajstić information content (AvgIpc) is 3.27. The molecular weight excluding hydrogens is 406 g/mol. The first-order chi connectivity index (χ1) is 15.9. The van der Waals surface area contributed by atoms with Crippen molar-refractivity contribution in [2.75, 3.05) is 0 Å². The van der Waals surface area contributed by atoms with Crippen LogP contribution in [0.15, 0.2) is 102 Å². The Balaban J connectivity index is 1.84. The zero-order valence-electron chi connectivity index (χ0n) is 19.6. The van der Waals surface area contributed by atoms with Gasteiger partial charge in [0, 0.05) is 11.6 Å². The van der Waals surface area contributed by atoms with Gasteiger partial charge < -0.3 is 4.74 Å². The first-order valence-corrected chi connectivity index (χ1v) is 11.5. The number of carbonyl (C=O) groups is 1. The van der Waals surface area contributed by atoms with Gasteiger partial charge in [-0.1, -0.05) is 103 Å². The third kappa shape index (κ3) is 5.31. The number of hydrogen-bond donors (Lipinski definition) is 0. The second kappa shape index (κ2) is 9.58. The van der Waals surface area contributed by atoms with Crippen molar-refractivity contribution < 1.29 is 9.53 Å². The van der Waals surface area contributed by atoms with E-state index in [4.69, 9.17) is 9.73 Å². The summed E-state index contributed by atoms with van der Waals surface area (Å²) in [7, 11) is 0. The average molecular weight is 438 g/mol. The molecule has 33 heavy (non-hydrogen) atoms. The van der Waals surface area contributed by atoms with Crippen molar-refractivity contribution in [2.45, 2.75) is 50.7 Å². The molecule has 0 unspecified atom stereocenters. The predicted molar refractivity (Wildman–Crippen MR) is 135 cm³/mol. The quantitative estimate of drug-likeness (QED) is 0.396. The maximum atomic E-state index is 13.8. The van der Waals surface area contributed by atoms with Crippen LogP contribution >= 0.6 is 0 Å². The summed E-state index contributed by atoms with van der Waals surface area (Å²) in [5.41, 5.74) is 2.53. The highest BCUT2D eigenvalue weighted by atomic mass is 16.6. The molecule has 0 N–H and O–H groups in total. The van der Waals surface area contributed by atoms with Crippen LogP contribution in [0.5, 0.6) is 0 Å². The van der Waals surface area contributed by atoms with Crippen LogP contribution in [0.4, 0.5) is 0 Å². The summed E-state index contributed by atoms with van der Waals surface area (Å²) in [6, 6.07) is 30.4. The van der Waals surface area contributed by atoms with Crippen molar-refractivity contribution in [1.82, 2.24) is 0 Å². The fourth-order valence-electron chi connectivity index (χ4n) is 4.35. The van der Waals surface area contributed by atoms with Crippen LogP contribution in [0.1, 0.15) is 56.2 Å². The molecule has 0 fully saturated rings. The normalized spacial score (nSPS) is 19.3. The summed E-state index contributed by atoms with van der Waals surface area (Å²) in [6.07, 6.45) is 5.53. The van der Waals surface area contributed by atoms with Crippen LogP contribution in [0, 0.1) is 0 Å². The van der Waals surface area contributed by atoms with Gasteiger partial charge in [0.15, 0.2) is 5.54 Å². The van der Waals surface area contributed by atoms with E-state index in [1.54, 1.807) is 0 Å². The molecule has 0 amide bonds. The third-order valence-electron chi connectivity index (χ3n) is 5.89. The highest BCUT2D eigenvalue weighted by molar-refractivity contribution is 6.05. The molecule has 3 aromatic carbocycles. The van der Waals surface area contributed by atoms with E-state index in [9.17, 15) is 4.79 Å². The van der Waals surface area contributed by atoms with Gasteiger partial charge in [-0.15, -0.1) is 0 Å². The highest BCUT2D eigenvalue weighted by Crippen LogP contribution is 2.43. The molecule has 1 aliphatic rings. The third-order valence-corrected chi connectivity index (χ3v) is 5.89. The summed E-state index contributed by atoms with van der Waals surface area (Å²) in [5.74, 6) is -0.525. The van der Waals surface area contributed by atoms with Crippen molar-refractivity contribution in [2.24, 2.45) is 4.99 Å².